The van der Waals surface area contributed by atoms with Gasteiger partial charge in [-0.05, 0) is 34.5 Å². The fourth-order valence-electron chi connectivity index (χ4n) is 1.84. The predicted molar refractivity (Wildman–Crippen MR) is 63.8 cm³/mol. The van der Waals surface area contributed by atoms with Crippen LogP contribution in [0.3, 0.4) is 0 Å². The highest BCUT2D eigenvalue weighted by Crippen LogP contribution is 2.36. The van der Waals surface area contributed by atoms with Gasteiger partial charge in [0.1, 0.15) is 11.8 Å². The number of aliphatic hydroxyl groups excluding tert-OH is 1. The zero-order chi connectivity index (χ0) is 10.8. The Morgan fingerprint density at radius 1 is 1.60 bits per heavy atom. The number of thioether (sulfide) groups is 1. The van der Waals surface area contributed by atoms with Gasteiger partial charge in [-0.2, -0.15) is 11.8 Å². The molecule has 0 bridgehead atoms. The number of hydrogen-bond donors (Lipinski definition) is 1. The summed E-state index contributed by atoms with van der Waals surface area (Å²) in [7, 11) is 1.81. The summed E-state index contributed by atoms with van der Waals surface area (Å²) in [5.74, 6) is 1.14. The van der Waals surface area contributed by atoms with E-state index in [0.717, 1.165) is 17.9 Å². The van der Waals surface area contributed by atoms with Gasteiger partial charge in [0.15, 0.2) is 4.60 Å². The standard InChI is InChI=1S/C9H14BrN3OS/c1-13-7(9(10)11-12-13)8(14)6-4-2-3-5-15-6/h6,8,14H,2-5H2,1H3. The molecule has 0 saturated carbocycles. The maximum absolute atomic E-state index is 10.2. The zero-order valence-corrected chi connectivity index (χ0v) is 11.0. The molecule has 15 heavy (non-hydrogen) atoms. The molecule has 4 nitrogen and oxygen atoms in total. The van der Waals surface area contributed by atoms with Crippen LogP contribution in [0.25, 0.3) is 0 Å². The van der Waals surface area contributed by atoms with E-state index in [0.29, 0.717) is 4.60 Å². The fourth-order valence-corrected chi connectivity index (χ4v) is 3.72. The average Bonchev–Trinajstić information content (AvgIpc) is 2.59. The number of rotatable bonds is 2. The monoisotopic (exact) mass is 291 g/mol. The SMILES string of the molecule is Cn1nnc(Br)c1C(O)C1CCCCS1. The molecule has 6 heteroatoms. The number of halogens is 1. The van der Waals surface area contributed by atoms with Crippen molar-refractivity contribution in [2.45, 2.75) is 30.6 Å². The second-order valence-corrected chi connectivity index (χ2v) is 5.84. The lowest BCUT2D eigenvalue weighted by Crippen LogP contribution is -2.21. The van der Waals surface area contributed by atoms with Crippen LogP contribution in [0.1, 0.15) is 31.1 Å². The van der Waals surface area contributed by atoms with E-state index in [1.54, 1.807) is 4.68 Å². The summed E-state index contributed by atoms with van der Waals surface area (Å²) in [4.78, 5) is 0. The first-order chi connectivity index (χ1) is 7.20. The van der Waals surface area contributed by atoms with Gasteiger partial charge in [-0.15, -0.1) is 5.10 Å². The van der Waals surface area contributed by atoms with Crippen LogP contribution in [-0.2, 0) is 7.05 Å². The Labute approximate surface area is 102 Å². The largest absolute Gasteiger partial charge is 0.386 e. The van der Waals surface area contributed by atoms with Crippen molar-refractivity contribution in [2.75, 3.05) is 5.75 Å². The van der Waals surface area contributed by atoms with Crippen LogP contribution in [0.2, 0.25) is 0 Å². The normalized spacial score (nSPS) is 24.1. The molecule has 0 aliphatic carbocycles. The van der Waals surface area contributed by atoms with Gasteiger partial charge >= 0.3 is 0 Å². The topological polar surface area (TPSA) is 50.9 Å². The highest BCUT2D eigenvalue weighted by atomic mass is 79.9. The molecule has 2 rings (SSSR count). The van der Waals surface area contributed by atoms with E-state index in [2.05, 4.69) is 26.2 Å². The van der Waals surface area contributed by atoms with E-state index in [4.69, 9.17) is 0 Å². The van der Waals surface area contributed by atoms with Crippen molar-refractivity contribution in [3.8, 4) is 0 Å². The third-order valence-corrected chi connectivity index (χ3v) is 4.68. The Hall–Kier alpha value is -0.0700. The lowest BCUT2D eigenvalue weighted by molar-refractivity contribution is 0.158. The number of aryl methyl sites for hydroxylation is 1. The van der Waals surface area contributed by atoms with Gasteiger partial charge in [0.25, 0.3) is 0 Å². The summed E-state index contributed by atoms with van der Waals surface area (Å²) in [6, 6.07) is 0. The number of aromatic nitrogens is 3. The summed E-state index contributed by atoms with van der Waals surface area (Å²) in [6.07, 6.45) is 3.07. The van der Waals surface area contributed by atoms with Gasteiger partial charge in [-0.1, -0.05) is 11.6 Å². The minimum atomic E-state index is -0.468. The first-order valence-corrected chi connectivity index (χ1v) is 6.89. The van der Waals surface area contributed by atoms with Crippen molar-refractivity contribution in [3.63, 3.8) is 0 Å². The van der Waals surface area contributed by atoms with Crippen molar-refractivity contribution in [3.05, 3.63) is 10.3 Å². The Bertz CT molecular complexity index is 319. The molecule has 0 radical (unpaired) electrons. The summed E-state index contributed by atoms with van der Waals surface area (Å²) < 4.78 is 2.30. The van der Waals surface area contributed by atoms with Crippen molar-refractivity contribution in [1.82, 2.24) is 15.0 Å². The molecule has 1 saturated heterocycles. The molecule has 2 heterocycles. The van der Waals surface area contributed by atoms with Crippen LogP contribution in [-0.4, -0.2) is 31.1 Å². The molecule has 0 spiro atoms. The summed E-state index contributed by atoms with van der Waals surface area (Å²) in [5.41, 5.74) is 0.786. The maximum atomic E-state index is 10.2. The molecule has 1 N–H and O–H groups in total. The molecule has 1 aromatic rings. The molecular weight excluding hydrogens is 278 g/mol. The highest BCUT2D eigenvalue weighted by molar-refractivity contribution is 9.10. The Morgan fingerprint density at radius 2 is 2.40 bits per heavy atom. The van der Waals surface area contributed by atoms with Crippen molar-refractivity contribution in [1.29, 1.82) is 0 Å². The molecule has 2 atom stereocenters. The van der Waals surface area contributed by atoms with E-state index in [9.17, 15) is 5.11 Å². The summed E-state index contributed by atoms with van der Waals surface area (Å²) >= 11 is 5.17. The van der Waals surface area contributed by atoms with Gasteiger partial charge in [0, 0.05) is 12.3 Å². The highest BCUT2D eigenvalue weighted by Gasteiger charge is 2.28. The van der Waals surface area contributed by atoms with Gasteiger partial charge in [-0.25, -0.2) is 4.68 Å². The average molecular weight is 292 g/mol. The zero-order valence-electron chi connectivity index (χ0n) is 8.56. The molecule has 1 aliphatic rings. The van der Waals surface area contributed by atoms with Crippen LogP contribution < -0.4 is 0 Å². The molecule has 1 aromatic heterocycles. The Balaban J connectivity index is 2.15. The lowest BCUT2D eigenvalue weighted by atomic mass is 10.1. The van der Waals surface area contributed by atoms with E-state index < -0.39 is 6.10 Å². The molecule has 2 unspecified atom stereocenters. The van der Waals surface area contributed by atoms with Gasteiger partial charge in [0.2, 0.25) is 0 Å². The van der Waals surface area contributed by atoms with Crippen LogP contribution in [0.5, 0.6) is 0 Å². The van der Waals surface area contributed by atoms with Crippen LogP contribution >= 0.6 is 27.7 Å². The lowest BCUT2D eigenvalue weighted by Gasteiger charge is -2.25. The molecular formula is C9H14BrN3OS. The second kappa shape index (κ2) is 4.84. The molecule has 1 fully saturated rings. The molecule has 1 aliphatic heterocycles. The van der Waals surface area contributed by atoms with Crippen LogP contribution in [0.4, 0.5) is 0 Å². The maximum Gasteiger partial charge on any atom is 0.154 e. The van der Waals surface area contributed by atoms with Crippen molar-refractivity contribution >= 4 is 27.7 Å². The Morgan fingerprint density at radius 3 is 2.93 bits per heavy atom. The number of aliphatic hydroxyl groups is 1. The third-order valence-electron chi connectivity index (χ3n) is 2.67. The minimum Gasteiger partial charge on any atom is -0.386 e. The van der Waals surface area contributed by atoms with Gasteiger partial charge < -0.3 is 5.11 Å². The summed E-state index contributed by atoms with van der Waals surface area (Å²) in [5, 5.41) is 18.3. The number of nitrogens with zero attached hydrogens (tertiary/aromatic N) is 3. The Kier molecular flexibility index (Phi) is 3.69. The third kappa shape index (κ3) is 2.37. The van der Waals surface area contributed by atoms with E-state index >= 15 is 0 Å². The van der Waals surface area contributed by atoms with E-state index in [1.165, 1.54) is 12.8 Å². The fraction of sp³-hybridized carbons (Fsp3) is 0.778. The number of hydrogen-bond acceptors (Lipinski definition) is 4. The van der Waals surface area contributed by atoms with Crippen molar-refractivity contribution < 1.29 is 5.11 Å². The molecule has 0 amide bonds. The minimum absolute atomic E-state index is 0.284. The summed E-state index contributed by atoms with van der Waals surface area (Å²) in [6.45, 7) is 0. The van der Waals surface area contributed by atoms with E-state index in [-0.39, 0.29) is 5.25 Å². The molecule has 0 aromatic carbocycles. The first-order valence-electron chi connectivity index (χ1n) is 5.05. The van der Waals surface area contributed by atoms with Crippen LogP contribution in [0, 0.1) is 0 Å². The van der Waals surface area contributed by atoms with Crippen molar-refractivity contribution in [2.24, 2.45) is 7.05 Å². The van der Waals surface area contributed by atoms with E-state index in [1.807, 2.05) is 18.8 Å². The predicted octanol–water partition coefficient (Wildman–Crippen LogP) is 1.90. The first kappa shape index (κ1) is 11.4. The molecule has 84 valence electrons. The smallest absolute Gasteiger partial charge is 0.154 e. The second-order valence-electron chi connectivity index (χ2n) is 3.74. The van der Waals surface area contributed by atoms with Gasteiger partial charge in [0.05, 0.1) is 0 Å². The quantitative estimate of drug-likeness (QED) is 0.904. The van der Waals surface area contributed by atoms with Crippen LogP contribution in [0.15, 0.2) is 4.60 Å². The van der Waals surface area contributed by atoms with Gasteiger partial charge in [-0.3, -0.25) is 0 Å².